The predicted octanol–water partition coefficient (Wildman–Crippen LogP) is 1.65. The van der Waals surface area contributed by atoms with E-state index in [1.165, 1.54) is 11.1 Å². The van der Waals surface area contributed by atoms with Crippen LogP contribution >= 0.6 is 24.2 Å². The fourth-order valence-electron chi connectivity index (χ4n) is 2.50. The van der Waals surface area contributed by atoms with Gasteiger partial charge in [-0.2, -0.15) is 11.8 Å². The highest BCUT2D eigenvalue weighted by Crippen LogP contribution is 2.35. The molecule has 4 N–H and O–H groups in total. The highest BCUT2D eigenvalue weighted by molar-refractivity contribution is 7.99. The highest BCUT2D eigenvalue weighted by Gasteiger charge is 2.21. The molecule has 7 heteroatoms. The van der Waals surface area contributed by atoms with Gasteiger partial charge < -0.3 is 16.4 Å². The molecular formula is C17H26ClN3O2S. The zero-order chi connectivity index (χ0) is 16.8. The number of halogens is 1. The van der Waals surface area contributed by atoms with Gasteiger partial charge in [-0.1, -0.05) is 38.1 Å². The van der Waals surface area contributed by atoms with Gasteiger partial charge in [0.25, 0.3) is 0 Å². The number of benzene rings is 1. The largest absolute Gasteiger partial charge is 0.353 e. The van der Waals surface area contributed by atoms with Crippen molar-refractivity contribution in [1.29, 1.82) is 0 Å². The molecule has 0 saturated heterocycles. The van der Waals surface area contributed by atoms with Gasteiger partial charge in [-0.25, -0.2) is 0 Å². The van der Waals surface area contributed by atoms with E-state index in [0.717, 1.165) is 12.2 Å². The van der Waals surface area contributed by atoms with E-state index < -0.39 is 6.04 Å². The maximum atomic E-state index is 11.9. The van der Waals surface area contributed by atoms with Crippen molar-refractivity contribution in [3.05, 3.63) is 35.4 Å². The molecule has 2 atom stereocenters. The third-order valence-electron chi connectivity index (χ3n) is 4.02. The summed E-state index contributed by atoms with van der Waals surface area (Å²) in [5.74, 6) is 0.649. The molecule has 134 valence electrons. The Balaban J connectivity index is 0.00000288. The van der Waals surface area contributed by atoms with Crippen LogP contribution in [0, 0.1) is 5.92 Å². The topological polar surface area (TPSA) is 84.2 Å². The van der Waals surface area contributed by atoms with Crippen molar-refractivity contribution >= 4 is 36.0 Å². The Bertz CT molecular complexity index is 569. The molecule has 1 heterocycles. The number of hydrogen-bond donors (Lipinski definition) is 3. The molecule has 1 aromatic carbocycles. The first-order valence-electron chi connectivity index (χ1n) is 7.98. The predicted molar refractivity (Wildman–Crippen MR) is 101 cm³/mol. The maximum Gasteiger partial charge on any atom is 0.239 e. The van der Waals surface area contributed by atoms with Crippen LogP contribution in [0.3, 0.4) is 0 Å². The van der Waals surface area contributed by atoms with Crippen LogP contribution in [0.4, 0.5) is 0 Å². The van der Waals surface area contributed by atoms with E-state index in [1.54, 1.807) is 0 Å². The average Bonchev–Trinajstić information content (AvgIpc) is 2.56. The summed E-state index contributed by atoms with van der Waals surface area (Å²) in [6.07, 6.45) is 1.08. The number of carbonyl (C=O) groups excluding carboxylic acids is 2. The van der Waals surface area contributed by atoms with Crippen molar-refractivity contribution < 1.29 is 9.59 Å². The zero-order valence-electron chi connectivity index (χ0n) is 14.1. The standard InChI is InChI=1S/C17H25N3O2S.ClH/c1-11(2)16(18)17(22)20-10-15(21)19-9-14-13-6-4-3-5-12(13)7-8-23-14;/h3-6,11,14,16H,7-10,18H2,1-2H3,(H,19,21)(H,20,22);1H/t14?,16-;/m0./s1. The van der Waals surface area contributed by atoms with Crippen molar-refractivity contribution in [2.24, 2.45) is 11.7 Å². The van der Waals surface area contributed by atoms with E-state index in [0.29, 0.717) is 6.54 Å². The molecular weight excluding hydrogens is 346 g/mol. The molecule has 24 heavy (non-hydrogen) atoms. The van der Waals surface area contributed by atoms with Gasteiger partial charge in [0.15, 0.2) is 0 Å². The number of amides is 2. The molecule has 0 bridgehead atoms. The first-order valence-corrected chi connectivity index (χ1v) is 9.03. The second-order valence-electron chi connectivity index (χ2n) is 6.10. The Morgan fingerprint density at radius 3 is 2.71 bits per heavy atom. The molecule has 2 rings (SSSR count). The normalized spacial score (nSPS) is 17.4. The maximum absolute atomic E-state index is 11.9. The van der Waals surface area contributed by atoms with Crippen LogP contribution in [0.1, 0.15) is 30.2 Å². The summed E-state index contributed by atoms with van der Waals surface area (Å²) in [6, 6.07) is 7.79. The average molecular weight is 372 g/mol. The number of carbonyl (C=O) groups is 2. The number of nitrogens with two attached hydrogens (primary N) is 1. The molecule has 1 aliphatic heterocycles. The molecule has 1 unspecified atom stereocenters. The fourth-order valence-corrected chi connectivity index (χ4v) is 3.74. The molecule has 0 aliphatic carbocycles. The van der Waals surface area contributed by atoms with E-state index in [1.807, 2.05) is 31.7 Å². The lowest BCUT2D eigenvalue weighted by Crippen LogP contribution is -2.47. The number of rotatable bonds is 6. The molecule has 0 saturated carbocycles. The lowest BCUT2D eigenvalue weighted by molar-refractivity contribution is -0.127. The van der Waals surface area contributed by atoms with Crippen LogP contribution < -0.4 is 16.4 Å². The van der Waals surface area contributed by atoms with E-state index in [-0.39, 0.29) is 41.9 Å². The van der Waals surface area contributed by atoms with Crippen molar-refractivity contribution in [3.8, 4) is 0 Å². The van der Waals surface area contributed by atoms with Gasteiger partial charge in [0.05, 0.1) is 12.6 Å². The molecule has 0 radical (unpaired) electrons. The number of aryl methyl sites for hydroxylation is 1. The van der Waals surface area contributed by atoms with Crippen LogP contribution in [0.25, 0.3) is 0 Å². The van der Waals surface area contributed by atoms with Gasteiger partial charge in [0.1, 0.15) is 0 Å². The quantitative estimate of drug-likeness (QED) is 0.710. The monoisotopic (exact) mass is 371 g/mol. The number of nitrogens with one attached hydrogen (secondary N) is 2. The Morgan fingerprint density at radius 2 is 2.00 bits per heavy atom. The van der Waals surface area contributed by atoms with E-state index in [2.05, 4.69) is 28.8 Å². The summed E-state index contributed by atoms with van der Waals surface area (Å²) in [5.41, 5.74) is 8.41. The lowest BCUT2D eigenvalue weighted by atomic mass is 10.0. The molecule has 2 amide bonds. The summed E-state index contributed by atoms with van der Waals surface area (Å²) >= 11 is 1.86. The van der Waals surface area contributed by atoms with Crippen molar-refractivity contribution in [2.75, 3.05) is 18.8 Å². The van der Waals surface area contributed by atoms with Crippen LogP contribution in [-0.4, -0.2) is 36.7 Å². The van der Waals surface area contributed by atoms with Gasteiger partial charge in [-0.05, 0) is 29.2 Å². The Hall–Kier alpha value is -1.24. The summed E-state index contributed by atoms with van der Waals surface area (Å²) in [5, 5.41) is 5.76. The van der Waals surface area contributed by atoms with Gasteiger partial charge >= 0.3 is 0 Å². The Morgan fingerprint density at radius 1 is 1.29 bits per heavy atom. The minimum absolute atomic E-state index is 0. The smallest absolute Gasteiger partial charge is 0.239 e. The molecule has 5 nitrogen and oxygen atoms in total. The van der Waals surface area contributed by atoms with Crippen LogP contribution in [-0.2, 0) is 16.0 Å². The van der Waals surface area contributed by atoms with Gasteiger partial charge in [0.2, 0.25) is 11.8 Å². The molecule has 1 aromatic rings. The van der Waals surface area contributed by atoms with Gasteiger partial charge in [0, 0.05) is 11.8 Å². The van der Waals surface area contributed by atoms with Crippen molar-refractivity contribution in [1.82, 2.24) is 10.6 Å². The van der Waals surface area contributed by atoms with Gasteiger partial charge in [-0.15, -0.1) is 12.4 Å². The fraction of sp³-hybridized carbons (Fsp3) is 0.529. The molecule has 1 aliphatic rings. The molecule has 0 spiro atoms. The van der Waals surface area contributed by atoms with Crippen molar-refractivity contribution in [3.63, 3.8) is 0 Å². The zero-order valence-corrected chi connectivity index (χ0v) is 15.7. The number of thioether (sulfide) groups is 1. The van der Waals surface area contributed by atoms with Crippen LogP contribution in [0.5, 0.6) is 0 Å². The van der Waals surface area contributed by atoms with Crippen molar-refractivity contribution in [2.45, 2.75) is 31.6 Å². The lowest BCUT2D eigenvalue weighted by Gasteiger charge is -2.25. The van der Waals surface area contributed by atoms with Crippen LogP contribution in [0.2, 0.25) is 0 Å². The number of hydrogen-bond acceptors (Lipinski definition) is 4. The first kappa shape index (κ1) is 20.8. The Labute approximate surface area is 153 Å². The first-order chi connectivity index (χ1) is 11.0. The molecule has 0 aromatic heterocycles. The summed E-state index contributed by atoms with van der Waals surface area (Å²) in [4.78, 5) is 23.7. The molecule has 0 fully saturated rings. The Kier molecular flexibility index (Phi) is 8.59. The summed E-state index contributed by atoms with van der Waals surface area (Å²) < 4.78 is 0. The number of fused-ring (bicyclic) bond motifs is 1. The van der Waals surface area contributed by atoms with E-state index in [4.69, 9.17) is 5.73 Å². The van der Waals surface area contributed by atoms with Gasteiger partial charge in [-0.3, -0.25) is 9.59 Å². The second kappa shape index (κ2) is 9.91. The highest BCUT2D eigenvalue weighted by atomic mass is 35.5. The summed E-state index contributed by atoms with van der Waals surface area (Å²) in [6.45, 7) is 4.30. The van der Waals surface area contributed by atoms with Crippen LogP contribution in [0.15, 0.2) is 24.3 Å². The third kappa shape index (κ3) is 5.69. The minimum atomic E-state index is -0.580. The minimum Gasteiger partial charge on any atom is -0.353 e. The second-order valence-corrected chi connectivity index (χ2v) is 7.41. The third-order valence-corrected chi connectivity index (χ3v) is 5.28. The van der Waals surface area contributed by atoms with E-state index >= 15 is 0 Å². The van der Waals surface area contributed by atoms with E-state index in [9.17, 15) is 9.59 Å². The summed E-state index contributed by atoms with van der Waals surface area (Å²) in [7, 11) is 0. The SMILES string of the molecule is CC(C)[C@H](N)C(=O)NCC(=O)NCC1SCCc2ccccc21.Cl.